The molecule has 0 aliphatic rings. The van der Waals surface area contributed by atoms with Crippen molar-refractivity contribution in [1.82, 2.24) is 5.32 Å². The van der Waals surface area contributed by atoms with Crippen LogP contribution in [0.15, 0.2) is 24.3 Å². The lowest BCUT2D eigenvalue weighted by atomic mass is 10.0. The largest absolute Gasteiger partial charge is 0.348 e. The van der Waals surface area contributed by atoms with Crippen molar-refractivity contribution in [2.24, 2.45) is 5.73 Å². The van der Waals surface area contributed by atoms with Gasteiger partial charge >= 0.3 is 0 Å². The molecule has 1 amide bonds. The highest BCUT2D eigenvalue weighted by molar-refractivity contribution is 5.81. The molecule has 0 radical (unpaired) electrons. The number of aryl methyl sites for hydroxylation is 1. The van der Waals surface area contributed by atoms with Crippen LogP contribution < -0.4 is 11.1 Å². The standard InChI is InChI=1S/C12H18N2O/c1-8-6-4-5-7-11(8)10(3)14-12(15)9(2)13/h4-7,9-10H,13H2,1-3H3,(H,14,15)/t9-,10?/m0/s1. The summed E-state index contributed by atoms with van der Waals surface area (Å²) in [7, 11) is 0. The second kappa shape index (κ2) is 4.94. The maximum atomic E-state index is 11.4. The molecule has 0 saturated carbocycles. The number of hydrogen-bond acceptors (Lipinski definition) is 2. The SMILES string of the molecule is Cc1ccccc1C(C)NC(=O)[C@H](C)N. The predicted octanol–water partition coefficient (Wildman–Crippen LogP) is 1.52. The molecule has 0 aliphatic heterocycles. The van der Waals surface area contributed by atoms with Crippen LogP contribution in [-0.2, 0) is 4.79 Å². The van der Waals surface area contributed by atoms with Crippen molar-refractivity contribution in [3.05, 3.63) is 35.4 Å². The summed E-state index contributed by atoms with van der Waals surface area (Å²) in [6, 6.07) is 7.54. The van der Waals surface area contributed by atoms with Crippen LogP contribution in [0.3, 0.4) is 0 Å². The first-order chi connectivity index (χ1) is 7.02. The van der Waals surface area contributed by atoms with Crippen LogP contribution >= 0.6 is 0 Å². The van der Waals surface area contributed by atoms with Crippen LogP contribution in [0.25, 0.3) is 0 Å². The highest BCUT2D eigenvalue weighted by Crippen LogP contribution is 2.16. The van der Waals surface area contributed by atoms with E-state index in [1.54, 1.807) is 6.92 Å². The number of benzene rings is 1. The van der Waals surface area contributed by atoms with Crippen LogP contribution in [0.5, 0.6) is 0 Å². The van der Waals surface area contributed by atoms with Crippen molar-refractivity contribution in [3.63, 3.8) is 0 Å². The van der Waals surface area contributed by atoms with Gasteiger partial charge in [-0.15, -0.1) is 0 Å². The summed E-state index contributed by atoms with van der Waals surface area (Å²) >= 11 is 0. The van der Waals surface area contributed by atoms with Gasteiger partial charge in [0.1, 0.15) is 0 Å². The lowest BCUT2D eigenvalue weighted by Gasteiger charge is -2.17. The molecule has 1 rings (SSSR count). The first-order valence-corrected chi connectivity index (χ1v) is 5.14. The van der Waals surface area contributed by atoms with E-state index in [2.05, 4.69) is 5.32 Å². The molecule has 0 spiro atoms. The maximum Gasteiger partial charge on any atom is 0.237 e. The number of carbonyl (C=O) groups is 1. The Bertz CT molecular complexity index is 347. The van der Waals surface area contributed by atoms with Gasteiger partial charge in [0, 0.05) is 0 Å². The Morgan fingerprint density at radius 1 is 1.33 bits per heavy atom. The first-order valence-electron chi connectivity index (χ1n) is 5.14. The summed E-state index contributed by atoms with van der Waals surface area (Å²) in [5, 5.41) is 2.87. The molecular weight excluding hydrogens is 188 g/mol. The maximum absolute atomic E-state index is 11.4. The van der Waals surface area contributed by atoms with Crippen molar-refractivity contribution in [2.45, 2.75) is 32.9 Å². The minimum Gasteiger partial charge on any atom is -0.348 e. The molecular formula is C12H18N2O. The number of nitrogens with one attached hydrogen (secondary N) is 1. The Hall–Kier alpha value is -1.35. The van der Waals surface area contributed by atoms with Crippen LogP contribution in [0.1, 0.15) is 31.0 Å². The molecule has 0 saturated heterocycles. The van der Waals surface area contributed by atoms with Gasteiger partial charge < -0.3 is 11.1 Å². The number of amides is 1. The quantitative estimate of drug-likeness (QED) is 0.787. The van der Waals surface area contributed by atoms with Crippen molar-refractivity contribution in [1.29, 1.82) is 0 Å². The highest BCUT2D eigenvalue weighted by atomic mass is 16.2. The molecule has 1 unspecified atom stereocenters. The van der Waals surface area contributed by atoms with Gasteiger partial charge in [0.15, 0.2) is 0 Å². The van der Waals surface area contributed by atoms with Gasteiger partial charge in [-0.05, 0) is 31.9 Å². The zero-order valence-corrected chi connectivity index (χ0v) is 9.45. The summed E-state index contributed by atoms with van der Waals surface area (Å²) in [6.07, 6.45) is 0. The molecule has 3 nitrogen and oxygen atoms in total. The van der Waals surface area contributed by atoms with Gasteiger partial charge in [-0.1, -0.05) is 24.3 Å². The van der Waals surface area contributed by atoms with Crippen molar-refractivity contribution < 1.29 is 4.79 Å². The van der Waals surface area contributed by atoms with Gasteiger partial charge in [-0.2, -0.15) is 0 Å². The van der Waals surface area contributed by atoms with E-state index in [1.165, 1.54) is 5.56 Å². The Morgan fingerprint density at radius 3 is 2.47 bits per heavy atom. The zero-order valence-electron chi connectivity index (χ0n) is 9.45. The third kappa shape index (κ3) is 3.06. The Balaban J connectivity index is 2.73. The van der Waals surface area contributed by atoms with E-state index < -0.39 is 6.04 Å². The van der Waals surface area contributed by atoms with Crippen molar-refractivity contribution >= 4 is 5.91 Å². The van der Waals surface area contributed by atoms with E-state index >= 15 is 0 Å². The molecule has 0 heterocycles. The van der Waals surface area contributed by atoms with E-state index in [4.69, 9.17) is 5.73 Å². The fraction of sp³-hybridized carbons (Fsp3) is 0.417. The Morgan fingerprint density at radius 2 is 1.93 bits per heavy atom. The second-order valence-corrected chi connectivity index (χ2v) is 3.88. The van der Waals surface area contributed by atoms with E-state index in [9.17, 15) is 4.79 Å². The average Bonchev–Trinajstić information content (AvgIpc) is 2.18. The molecule has 1 aromatic rings. The average molecular weight is 206 g/mol. The van der Waals surface area contributed by atoms with Crippen LogP contribution in [0.4, 0.5) is 0 Å². The highest BCUT2D eigenvalue weighted by Gasteiger charge is 2.13. The fourth-order valence-electron chi connectivity index (χ4n) is 1.50. The zero-order chi connectivity index (χ0) is 11.4. The minimum atomic E-state index is -0.462. The van der Waals surface area contributed by atoms with Crippen LogP contribution in [0.2, 0.25) is 0 Å². The molecule has 3 heteroatoms. The number of hydrogen-bond donors (Lipinski definition) is 2. The molecule has 3 N–H and O–H groups in total. The summed E-state index contributed by atoms with van der Waals surface area (Å²) in [5.74, 6) is -0.120. The van der Waals surface area contributed by atoms with Crippen molar-refractivity contribution in [3.8, 4) is 0 Å². The lowest BCUT2D eigenvalue weighted by Crippen LogP contribution is -2.39. The van der Waals surface area contributed by atoms with E-state index in [1.807, 2.05) is 38.1 Å². The molecule has 1 aromatic carbocycles. The minimum absolute atomic E-state index is 0.00435. The van der Waals surface area contributed by atoms with Gasteiger partial charge in [-0.25, -0.2) is 0 Å². The summed E-state index contributed by atoms with van der Waals surface area (Å²) in [6.45, 7) is 5.67. The van der Waals surface area contributed by atoms with Crippen LogP contribution in [-0.4, -0.2) is 11.9 Å². The van der Waals surface area contributed by atoms with Gasteiger partial charge in [0.05, 0.1) is 12.1 Å². The fourth-order valence-corrected chi connectivity index (χ4v) is 1.50. The topological polar surface area (TPSA) is 55.1 Å². The molecule has 82 valence electrons. The molecule has 0 aromatic heterocycles. The number of rotatable bonds is 3. The summed E-state index contributed by atoms with van der Waals surface area (Å²) in [4.78, 5) is 11.4. The molecule has 0 fully saturated rings. The lowest BCUT2D eigenvalue weighted by molar-refractivity contribution is -0.122. The molecule has 0 bridgehead atoms. The smallest absolute Gasteiger partial charge is 0.237 e. The van der Waals surface area contributed by atoms with E-state index in [-0.39, 0.29) is 11.9 Å². The van der Waals surface area contributed by atoms with E-state index in [0.29, 0.717) is 0 Å². The third-order valence-corrected chi connectivity index (χ3v) is 2.43. The normalized spacial score (nSPS) is 14.4. The van der Waals surface area contributed by atoms with E-state index in [0.717, 1.165) is 5.56 Å². The Kier molecular flexibility index (Phi) is 3.86. The van der Waals surface area contributed by atoms with Gasteiger partial charge in [-0.3, -0.25) is 4.79 Å². The monoisotopic (exact) mass is 206 g/mol. The Labute approximate surface area is 90.7 Å². The first kappa shape index (κ1) is 11.7. The number of carbonyl (C=O) groups excluding carboxylic acids is 1. The van der Waals surface area contributed by atoms with Gasteiger partial charge in [0.25, 0.3) is 0 Å². The summed E-state index contributed by atoms with van der Waals surface area (Å²) in [5.41, 5.74) is 7.80. The van der Waals surface area contributed by atoms with Gasteiger partial charge in [0.2, 0.25) is 5.91 Å². The van der Waals surface area contributed by atoms with Crippen molar-refractivity contribution in [2.75, 3.05) is 0 Å². The second-order valence-electron chi connectivity index (χ2n) is 3.88. The number of nitrogens with two attached hydrogens (primary N) is 1. The third-order valence-electron chi connectivity index (χ3n) is 2.43. The summed E-state index contributed by atoms with van der Waals surface area (Å²) < 4.78 is 0. The predicted molar refractivity (Wildman–Crippen MR) is 61.4 cm³/mol. The van der Waals surface area contributed by atoms with Crippen LogP contribution in [0, 0.1) is 6.92 Å². The molecule has 0 aliphatic carbocycles. The molecule has 15 heavy (non-hydrogen) atoms. The molecule has 2 atom stereocenters.